The maximum absolute atomic E-state index is 9.95. The molecule has 0 aliphatic rings. The first-order valence-electron chi connectivity index (χ1n) is 6.74. The molecule has 0 saturated heterocycles. The molecule has 0 amide bonds. The van der Waals surface area contributed by atoms with Gasteiger partial charge in [-0.1, -0.05) is 15.9 Å². The molecule has 1 heterocycles. The van der Waals surface area contributed by atoms with E-state index in [1.54, 1.807) is 18.3 Å². The normalized spacial score (nSPS) is 11.2. The van der Waals surface area contributed by atoms with Gasteiger partial charge in [0.15, 0.2) is 0 Å². The third-order valence-corrected chi connectivity index (χ3v) is 4.00. The highest BCUT2D eigenvalue weighted by molar-refractivity contribution is 9.10. The largest absolute Gasteiger partial charge is 0.507 e. The number of aromatic nitrogens is 1. The van der Waals surface area contributed by atoms with E-state index in [0.29, 0.717) is 16.7 Å². The second kappa shape index (κ2) is 6.00. The highest BCUT2D eigenvalue weighted by Crippen LogP contribution is 2.30. The minimum atomic E-state index is 0.0257. The van der Waals surface area contributed by atoms with Crippen LogP contribution in [0.5, 0.6) is 5.75 Å². The Bertz CT molecular complexity index is 1020. The molecular weight excluding hydrogens is 354 g/mol. The Kier molecular flexibility index (Phi) is 3.89. The van der Waals surface area contributed by atoms with Gasteiger partial charge in [0.1, 0.15) is 5.75 Å². The van der Waals surface area contributed by atoms with Crippen molar-refractivity contribution in [2.45, 2.75) is 0 Å². The van der Waals surface area contributed by atoms with E-state index in [2.05, 4.69) is 27.0 Å². The van der Waals surface area contributed by atoms with Gasteiger partial charge in [0.05, 0.1) is 23.3 Å². The van der Waals surface area contributed by atoms with Crippen LogP contribution in [0.15, 0.2) is 47.1 Å². The van der Waals surface area contributed by atoms with E-state index in [-0.39, 0.29) is 5.75 Å². The molecule has 0 fully saturated rings. The lowest BCUT2D eigenvalue weighted by Gasteiger charge is -2.02. The number of nitrogens with one attached hydrogen (secondary N) is 1. The van der Waals surface area contributed by atoms with E-state index in [0.717, 1.165) is 20.9 Å². The molecule has 0 bridgehead atoms. The van der Waals surface area contributed by atoms with Gasteiger partial charge in [-0.15, -0.1) is 0 Å². The van der Waals surface area contributed by atoms with Crippen LogP contribution in [0, 0.1) is 22.7 Å². The molecule has 0 atom stereocenters. The van der Waals surface area contributed by atoms with Gasteiger partial charge in [-0.25, -0.2) is 0 Å². The minimum absolute atomic E-state index is 0.0257. The highest BCUT2D eigenvalue weighted by Gasteiger charge is 2.10. The summed E-state index contributed by atoms with van der Waals surface area (Å²) < 4.78 is 0.914. The Morgan fingerprint density at radius 2 is 2.00 bits per heavy atom. The molecule has 5 heteroatoms. The quantitative estimate of drug-likeness (QED) is 0.654. The number of benzene rings is 2. The van der Waals surface area contributed by atoms with E-state index in [1.165, 1.54) is 12.1 Å². The van der Waals surface area contributed by atoms with Gasteiger partial charge in [0, 0.05) is 32.7 Å². The molecule has 3 rings (SSSR count). The number of rotatable bonds is 2. The Morgan fingerprint density at radius 1 is 1.17 bits per heavy atom. The summed E-state index contributed by atoms with van der Waals surface area (Å²) in [6.07, 6.45) is 3.34. The fourth-order valence-corrected chi connectivity index (χ4v) is 2.74. The smallest absolute Gasteiger partial charge is 0.122 e. The minimum Gasteiger partial charge on any atom is -0.507 e. The molecule has 2 N–H and O–H groups in total. The van der Waals surface area contributed by atoms with Crippen LogP contribution in [-0.4, -0.2) is 10.1 Å². The number of hydrogen-bond acceptors (Lipinski definition) is 3. The Hall–Kier alpha value is -3.02. The standard InChI is InChI=1S/C18H10BrN3O/c19-14-2-3-17-15(7-14)16(10-22-17)13(9-21)6-12-5-11(8-20)1-4-18(12)23/h1-7,10,22-23H/b13-6+. The summed E-state index contributed by atoms with van der Waals surface area (Å²) in [6.45, 7) is 0. The van der Waals surface area contributed by atoms with Gasteiger partial charge in [-0.3, -0.25) is 0 Å². The number of nitriles is 2. The third kappa shape index (κ3) is 2.83. The van der Waals surface area contributed by atoms with E-state index in [9.17, 15) is 10.4 Å². The molecule has 3 aromatic rings. The number of fused-ring (bicyclic) bond motifs is 1. The molecule has 1 aromatic heterocycles. The van der Waals surface area contributed by atoms with Gasteiger partial charge < -0.3 is 10.1 Å². The average Bonchev–Trinajstić information content (AvgIpc) is 2.97. The van der Waals surface area contributed by atoms with Crippen LogP contribution in [0.2, 0.25) is 0 Å². The summed E-state index contributed by atoms with van der Waals surface area (Å²) in [5, 5.41) is 29.3. The molecule has 4 nitrogen and oxygen atoms in total. The van der Waals surface area contributed by atoms with Crippen LogP contribution in [0.4, 0.5) is 0 Å². The number of nitrogens with zero attached hydrogens (tertiary/aromatic N) is 2. The van der Waals surface area contributed by atoms with E-state index in [4.69, 9.17) is 5.26 Å². The summed E-state index contributed by atoms with van der Waals surface area (Å²) in [5.74, 6) is 0.0257. The molecule has 23 heavy (non-hydrogen) atoms. The number of phenols is 1. The van der Waals surface area contributed by atoms with E-state index < -0.39 is 0 Å². The van der Waals surface area contributed by atoms with Crippen molar-refractivity contribution in [3.8, 4) is 17.9 Å². The highest BCUT2D eigenvalue weighted by atomic mass is 79.9. The first-order valence-corrected chi connectivity index (χ1v) is 7.53. The maximum Gasteiger partial charge on any atom is 0.122 e. The molecule has 0 spiro atoms. The van der Waals surface area contributed by atoms with Crippen molar-refractivity contribution in [3.05, 3.63) is 63.8 Å². The van der Waals surface area contributed by atoms with E-state index >= 15 is 0 Å². The van der Waals surface area contributed by atoms with Crippen molar-refractivity contribution in [1.29, 1.82) is 10.5 Å². The van der Waals surface area contributed by atoms with Crippen LogP contribution in [0.1, 0.15) is 16.7 Å². The predicted molar refractivity (Wildman–Crippen MR) is 92.3 cm³/mol. The van der Waals surface area contributed by atoms with Crippen molar-refractivity contribution in [2.24, 2.45) is 0 Å². The van der Waals surface area contributed by atoms with Crippen LogP contribution in [-0.2, 0) is 0 Å². The number of hydrogen-bond donors (Lipinski definition) is 2. The number of allylic oxidation sites excluding steroid dienone is 1. The maximum atomic E-state index is 9.95. The Balaban J connectivity index is 2.18. The number of aromatic amines is 1. The lowest BCUT2D eigenvalue weighted by atomic mass is 10.0. The predicted octanol–water partition coefficient (Wildman–Crippen LogP) is 4.57. The van der Waals surface area contributed by atoms with Crippen molar-refractivity contribution >= 4 is 38.5 Å². The molecule has 0 aliphatic heterocycles. The summed E-state index contributed by atoms with van der Waals surface area (Å²) in [7, 11) is 0. The number of H-pyrrole nitrogens is 1. The van der Waals surface area contributed by atoms with Crippen molar-refractivity contribution in [2.75, 3.05) is 0 Å². The molecule has 0 aliphatic carbocycles. The number of aromatic hydroxyl groups is 1. The van der Waals surface area contributed by atoms with Crippen molar-refractivity contribution < 1.29 is 5.11 Å². The fraction of sp³-hybridized carbons (Fsp3) is 0. The lowest BCUT2D eigenvalue weighted by molar-refractivity contribution is 0.474. The molecule has 0 radical (unpaired) electrons. The zero-order valence-electron chi connectivity index (χ0n) is 11.8. The molecule has 110 valence electrons. The van der Waals surface area contributed by atoms with Crippen molar-refractivity contribution in [3.63, 3.8) is 0 Å². The first-order chi connectivity index (χ1) is 11.1. The molecule has 2 aromatic carbocycles. The zero-order chi connectivity index (χ0) is 16.4. The van der Waals surface area contributed by atoms with Crippen LogP contribution in [0.3, 0.4) is 0 Å². The van der Waals surface area contributed by atoms with Crippen LogP contribution < -0.4 is 0 Å². The molecular formula is C18H10BrN3O. The zero-order valence-corrected chi connectivity index (χ0v) is 13.4. The van der Waals surface area contributed by atoms with Crippen LogP contribution >= 0.6 is 15.9 Å². The van der Waals surface area contributed by atoms with Gasteiger partial charge >= 0.3 is 0 Å². The summed E-state index contributed by atoms with van der Waals surface area (Å²) in [6, 6.07) is 14.5. The van der Waals surface area contributed by atoms with Gasteiger partial charge in [-0.2, -0.15) is 10.5 Å². The van der Waals surface area contributed by atoms with Crippen molar-refractivity contribution in [1.82, 2.24) is 4.98 Å². The summed E-state index contributed by atoms with van der Waals surface area (Å²) in [4.78, 5) is 3.13. The van der Waals surface area contributed by atoms with Gasteiger partial charge in [0.25, 0.3) is 0 Å². The fourth-order valence-electron chi connectivity index (χ4n) is 2.38. The second-order valence-electron chi connectivity index (χ2n) is 4.95. The monoisotopic (exact) mass is 363 g/mol. The number of halogens is 1. The topological polar surface area (TPSA) is 83.6 Å². The summed E-state index contributed by atoms with van der Waals surface area (Å²) in [5.41, 5.74) is 2.92. The molecule has 0 unspecified atom stereocenters. The average molecular weight is 364 g/mol. The second-order valence-corrected chi connectivity index (χ2v) is 5.86. The lowest BCUT2D eigenvalue weighted by Crippen LogP contribution is -1.83. The SMILES string of the molecule is N#C/C(=C\c1cc(C#N)ccc1O)c1c[nH]c2ccc(Br)cc12. The molecule has 0 saturated carbocycles. The Labute approximate surface area is 141 Å². The van der Waals surface area contributed by atoms with Crippen LogP contribution in [0.25, 0.3) is 22.6 Å². The first kappa shape index (κ1) is 14.9. The number of phenolic OH excluding ortho intramolecular Hbond substituents is 1. The Morgan fingerprint density at radius 3 is 2.74 bits per heavy atom. The van der Waals surface area contributed by atoms with Gasteiger partial charge in [0.2, 0.25) is 0 Å². The third-order valence-electron chi connectivity index (χ3n) is 3.51. The van der Waals surface area contributed by atoms with Gasteiger partial charge in [-0.05, 0) is 42.5 Å². The van der Waals surface area contributed by atoms with E-state index in [1.807, 2.05) is 24.3 Å². The summed E-state index contributed by atoms with van der Waals surface area (Å²) >= 11 is 3.43.